The van der Waals surface area contributed by atoms with Crippen molar-refractivity contribution < 1.29 is 4.39 Å². The molecule has 0 spiro atoms. The summed E-state index contributed by atoms with van der Waals surface area (Å²) in [4.78, 5) is 0. The van der Waals surface area contributed by atoms with Gasteiger partial charge in [-0.05, 0) is 55.5 Å². The Morgan fingerprint density at radius 3 is 2.94 bits per heavy atom. The summed E-state index contributed by atoms with van der Waals surface area (Å²) in [5, 5.41) is 0. The zero-order chi connectivity index (χ0) is 12.7. The molecule has 3 heteroatoms. The molecule has 1 unspecified atom stereocenters. The Kier molecular flexibility index (Phi) is 2.71. The Hall–Kier alpha value is -1.61. The summed E-state index contributed by atoms with van der Waals surface area (Å²) >= 11 is 0. The van der Waals surface area contributed by atoms with Gasteiger partial charge in [0.25, 0.3) is 0 Å². The van der Waals surface area contributed by atoms with Crippen molar-refractivity contribution in [1.29, 1.82) is 0 Å². The second-order valence-electron chi connectivity index (χ2n) is 5.02. The Morgan fingerprint density at radius 1 is 1.33 bits per heavy atom. The first-order valence-electron chi connectivity index (χ1n) is 6.39. The van der Waals surface area contributed by atoms with Gasteiger partial charge >= 0.3 is 0 Å². The van der Waals surface area contributed by atoms with Crippen LogP contribution in [0, 0.1) is 12.7 Å². The van der Waals surface area contributed by atoms with Crippen LogP contribution in [0.15, 0.2) is 30.5 Å². The summed E-state index contributed by atoms with van der Waals surface area (Å²) in [6, 6.07) is 7.57. The van der Waals surface area contributed by atoms with Gasteiger partial charge in [0, 0.05) is 23.6 Å². The average Bonchev–Trinajstić information content (AvgIpc) is 2.78. The van der Waals surface area contributed by atoms with Crippen LogP contribution < -0.4 is 5.73 Å². The first-order chi connectivity index (χ1) is 8.66. The molecule has 2 N–H and O–H groups in total. The van der Waals surface area contributed by atoms with Crippen LogP contribution >= 0.6 is 0 Å². The number of benzene rings is 1. The summed E-state index contributed by atoms with van der Waals surface area (Å²) in [5.41, 5.74) is 10.1. The number of nitrogens with two attached hydrogens (primary N) is 1. The lowest BCUT2D eigenvalue weighted by atomic mass is 9.93. The van der Waals surface area contributed by atoms with Gasteiger partial charge in [-0.2, -0.15) is 0 Å². The van der Waals surface area contributed by atoms with Gasteiger partial charge in [0.05, 0.1) is 0 Å². The Labute approximate surface area is 106 Å². The van der Waals surface area contributed by atoms with E-state index in [0.29, 0.717) is 5.56 Å². The minimum Gasteiger partial charge on any atom is -0.324 e. The molecule has 0 saturated carbocycles. The number of fused-ring (bicyclic) bond motifs is 1. The second kappa shape index (κ2) is 4.25. The summed E-state index contributed by atoms with van der Waals surface area (Å²) in [6.07, 6.45) is 5.16. The summed E-state index contributed by atoms with van der Waals surface area (Å²) in [7, 11) is 0. The number of hydrogen-bond donors (Lipinski definition) is 1. The molecule has 2 aromatic rings. The van der Waals surface area contributed by atoms with E-state index in [4.69, 9.17) is 5.73 Å². The average molecular weight is 244 g/mol. The van der Waals surface area contributed by atoms with Crippen molar-refractivity contribution in [3.05, 3.63) is 53.1 Å². The smallest absolute Gasteiger partial charge is 0.128 e. The monoisotopic (exact) mass is 244 g/mol. The van der Waals surface area contributed by atoms with Crippen molar-refractivity contribution in [3.63, 3.8) is 0 Å². The molecule has 3 rings (SSSR count). The third-order valence-corrected chi connectivity index (χ3v) is 3.79. The molecule has 1 aliphatic rings. The summed E-state index contributed by atoms with van der Waals surface area (Å²) < 4.78 is 15.7. The fraction of sp³-hybridized carbons (Fsp3) is 0.333. The van der Waals surface area contributed by atoms with Gasteiger partial charge in [0.15, 0.2) is 0 Å². The molecule has 0 saturated heterocycles. The molecular weight excluding hydrogens is 227 g/mol. The molecule has 0 bridgehead atoms. The topological polar surface area (TPSA) is 30.9 Å². The van der Waals surface area contributed by atoms with Gasteiger partial charge in [-0.1, -0.05) is 6.07 Å². The number of halogens is 1. The van der Waals surface area contributed by atoms with Gasteiger partial charge < -0.3 is 10.3 Å². The lowest BCUT2D eigenvalue weighted by Crippen LogP contribution is -2.17. The lowest BCUT2D eigenvalue weighted by Gasteiger charge is -2.21. The van der Waals surface area contributed by atoms with Gasteiger partial charge in [0.2, 0.25) is 0 Å². The molecule has 0 aliphatic heterocycles. The van der Waals surface area contributed by atoms with Gasteiger partial charge in [0.1, 0.15) is 5.82 Å². The van der Waals surface area contributed by atoms with Crippen molar-refractivity contribution in [3.8, 4) is 5.69 Å². The predicted octanol–water partition coefficient (Wildman–Crippen LogP) is 3.26. The number of aromatic nitrogens is 1. The van der Waals surface area contributed by atoms with Crippen LogP contribution in [0.25, 0.3) is 5.69 Å². The van der Waals surface area contributed by atoms with Crippen LogP contribution in [0.4, 0.5) is 4.39 Å². The third-order valence-electron chi connectivity index (χ3n) is 3.79. The number of aryl methyl sites for hydroxylation is 1. The number of nitrogens with zero attached hydrogens (tertiary/aromatic N) is 1. The fourth-order valence-electron chi connectivity index (χ4n) is 2.70. The Bertz CT molecular complexity index is 586. The van der Waals surface area contributed by atoms with Gasteiger partial charge in [-0.3, -0.25) is 0 Å². The van der Waals surface area contributed by atoms with Gasteiger partial charge in [-0.25, -0.2) is 4.39 Å². The highest BCUT2D eigenvalue weighted by Crippen LogP contribution is 2.30. The van der Waals surface area contributed by atoms with E-state index in [1.165, 1.54) is 11.3 Å². The van der Waals surface area contributed by atoms with Crippen molar-refractivity contribution in [1.82, 2.24) is 4.57 Å². The SMILES string of the molecule is Cc1ccc(-n2ccc3c2CCCC3N)cc1F. The van der Waals surface area contributed by atoms with Crippen LogP contribution in [-0.4, -0.2) is 4.57 Å². The number of hydrogen-bond acceptors (Lipinski definition) is 1. The van der Waals surface area contributed by atoms with Crippen LogP contribution in [-0.2, 0) is 6.42 Å². The summed E-state index contributed by atoms with van der Waals surface area (Å²) in [6.45, 7) is 1.78. The molecule has 94 valence electrons. The molecule has 18 heavy (non-hydrogen) atoms. The third kappa shape index (κ3) is 1.75. The van der Waals surface area contributed by atoms with E-state index in [2.05, 4.69) is 10.6 Å². The van der Waals surface area contributed by atoms with Gasteiger partial charge in [-0.15, -0.1) is 0 Å². The van der Waals surface area contributed by atoms with Crippen molar-refractivity contribution in [2.75, 3.05) is 0 Å². The molecule has 0 fully saturated rings. The Morgan fingerprint density at radius 2 is 2.17 bits per heavy atom. The van der Waals surface area contributed by atoms with Crippen LogP contribution in [0.3, 0.4) is 0 Å². The van der Waals surface area contributed by atoms with E-state index >= 15 is 0 Å². The first-order valence-corrected chi connectivity index (χ1v) is 6.39. The quantitative estimate of drug-likeness (QED) is 0.820. The van der Waals surface area contributed by atoms with Crippen LogP contribution in [0.2, 0.25) is 0 Å². The van der Waals surface area contributed by atoms with E-state index < -0.39 is 0 Å². The van der Waals surface area contributed by atoms with Crippen molar-refractivity contribution in [2.24, 2.45) is 5.73 Å². The van der Waals surface area contributed by atoms with E-state index in [1.54, 1.807) is 13.0 Å². The standard InChI is InChI=1S/C15H17FN2/c1-10-5-6-11(9-13(10)16)18-8-7-12-14(17)3-2-4-15(12)18/h5-9,14H,2-4,17H2,1H3. The van der Waals surface area contributed by atoms with E-state index in [-0.39, 0.29) is 11.9 Å². The zero-order valence-electron chi connectivity index (χ0n) is 10.5. The van der Waals surface area contributed by atoms with Crippen LogP contribution in [0.5, 0.6) is 0 Å². The normalized spacial score (nSPS) is 18.7. The maximum atomic E-state index is 13.6. The molecular formula is C15H17FN2. The molecule has 1 aromatic carbocycles. The van der Waals surface area contributed by atoms with Crippen LogP contribution in [0.1, 0.15) is 35.7 Å². The highest BCUT2D eigenvalue weighted by atomic mass is 19.1. The maximum absolute atomic E-state index is 13.6. The first kappa shape index (κ1) is 11.5. The molecule has 1 heterocycles. The Balaban J connectivity index is 2.09. The van der Waals surface area contributed by atoms with E-state index in [0.717, 1.165) is 24.9 Å². The molecule has 1 atom stereocenters. The minimum atomic E-state index is -0.157. The van der Waals surface area contributed by atoms with Crippen molar-refractivity contribution >= 4 is 0 Å². The van der Waals surface area contributed by atoms with Crippen molar-refractivity contribution in [2.45, 2.75) is 32.2 Å². The van der Waals surface area contributed by atoms with E-state index in [9.17, 15) is 4.39 Å². The second-order valence-corrected chi connectivity index (χ2v) is 5.02. The molecule has 0 amide bonds. The fourth-order valence-corrected chi connectivity index (χ4v) is 2.70. The summed E-state index contributed by atoms with van der Waals surface area (Å²) in [5.74, 6) is -0.157. The highest BCUT2D eigenvalue weighted by Gasteiger charge is 2.20. The maximum Gasteiger partial charge on any atom is 0.128 e. The van der Waals surface area contributed by atoms with E-state index in [1.807, 2.05) is 18.3 Å². The highest BCUT2D eigenvalue weighted by molar-refractivity contribution is 5.41. The minimum absolute atomic E-state index is 0.130. The molecule has 1 aromatic heterocycles. The molecule has 0 radical (unpaired) electrons. The largest absolute Gasteiger partial charge is 0.324 e. The number of rotatable bonds is 1. The molecule has 2 nitrogen and oxygen atoms in total. The molecule has 1 aliphatic carbocycles. The zero-order valence-corrected chi connectivity index (χ0v) is 10.5. The predicted molar refractivity (Wildman–Crippen MR) is 70.3 cm³/mol. The lowest BCUT2D eigenvalue weighted by molar-refractivity contribution is 0.559.